The van der Waals surface area contributed by atoms with Gasteiger partial charge in [0.25, 0.3) is 0 Å². The number of rotatable bonds is 6. The van der Waals surface area contributed by atoms with Crippen LogP contribution in [0.4, 0.5) is 0 Å². The smallest absolute Gasteiger partial charge is 0.247 e. The summed E-state index contributed by atoms with van der Waals surface area (Å²) in [4.78, 5) is 14.4. The Morgan fingerprint density at radius 1 is 1.37 bits per heavy atom. The summed E-state index contributed by atoms with van der Waals surface area (Å²) in [5.74, 6) is -0.0780. The first-order chi connectivity index (χ1) is 8.91. The van der Waals surface area contributed by atoms with Gasteiger partial charge in [-0.25, -0.2) is 0 Å². The molecular formula is C15H24N2O2. The van der Waals surface area contributed by atoms with Gasteiger partial charge in [-0.2, -0.15) is 0 Å². The first-order valence-corrected chi connectivity index (χ1v) is 6.55. The molecule has 0 aliphatic heterocycles. The van der Waals surface area contributed by atoms with Crippen LogP contribution in [0.25, 0.3) is 0 Å². The highest BCUT2D eigenvalue weighted by Gasteiger charge is 2.35. The molecule has 0 saturated heterocycles. The molecule has 1 aromatic rings. The quantitative estimate of drug-likeness (QED) is 0.851. The molecule has 0 heterocycles. The fourth-order valence-corrected chi connectivity index (χ4v) is 1.99. The minimum absolute atomic E-state index is 0.0780. The molecule has 0 aromatic heterocycles. The monoisotopic (exact) mass is 264 g/mol. The molecule has 1 unspecified atom stereocenters. The van der Waals surface area contributed by atoms with Crippen molar-refractivity contribution in [3.63, 3.8) is 0 Å². The van der Waals surface area contributed by atoms with Gasteiger partial charge >= 0.3 is 0 Å². The van der Waals surface area contributed by atoms with E-state index in [1.165, 1.54) is 0 Å². The highest BCUT2D eigenvalue weighted by atomic mass is 16.5. The van der Waals surface area contributed by atoms with E-state index in [0.29, 0.717) is 13.2 Å². The maximum Gasteiger partial charge on any atom is 0.247 e. The number of carbonyl (C=O) groups is 1. The Morgan fingerprint density at radius 2 is 1.95 bits per heavy atom. The lowest BCUT2D eigenvalue weighted by molar-refractivity contribution is -0.139. The van der Waals surface area contributed by atoms with Crippen LogP contribution in [-0.2, 0) is 15.1 Å². The van der Waals surface area contributed by atoms with Gasteiger partial charge in [-0.15, -0.1) is 0 Å². The molecule has 106 valence electrons. The second-order valence-electron chi connectivity index (χ2n) is 5.15. The van der Waals surface area contributed by atoms with E-state index in [1.807, 2.05) is 44.2 Å². The van der Waals surface area contributed by atoms with Crippen molar-refractivity contribution >= 4 is 5.91 Å². The summed E-state index contributed by atoms with van der Waals surface area (Å²) in [6.45, 7) is 6.78. The van der Waals surface area contributed by atoms with E-state index in [4.69, 9.17) is 10.5 Å². The number of hydrogen-bond acceptors (Lipinski definition) is 3. The number of ether oxygens (including phenoxy) is 1. The zero-order valence-electron chi connectivity index (χ0n) is 12.2. The minimum Gasteiger partial charge on any atom is -0.383 e. The predicted octanol–water partition coefficient (Wildman–Crippen LogP) is 1.74. The first-order valence-electron chi connectivity index (χ1n) is 6.55. The van der Waals surface area contributed by atoms with Gasteiger partial charge in [0.15, 0.2) is 0 Å². The van der Waals surface area contributed by atoms with Crippen molar-refractivity contribution in [2.24, 2.45) is 5.73 Å². The molecule has 0 bridgehead atoms. The van der Waals surface area contributed by atoms with Crippen LogP contribution < -0.4 is 5.73 Å². The van der Waals surface area contributed by atoms with Gasteiger partial charge in [0.2, 0.25) is 5.91 Å². The Bertz CT molecular complexity index is 402. The zero-order chi connectivity index (χ0) is 14.5. The SMILES string of the molecule is COCCN(C(=O)C(C)(N)c1ccccc1)C(C)C. The molecule has 0 aliphatic rings. The summed E-state index contributed by atoms with van der Waals surface area (Å²) in [6, 6.07) is 9.55. The standard InChI is InChI=1S/C15H24N2O2/c1-12(2)17(10-11-19-4)14(18)15(3,16)13-8-6-5-7-9-13/h5-9,12H,10-11,16H2,1-4H3. The van der Waals surface area contributed by atoms with Crippen LogP contribution in [0.1, 0.15) is 26.3 Å². The van der Waals surface area contributed by atoms with Crippen molar-refractivity contribution in [1.82, 2.24) is 4.90 Å². The topological polar surface area (TPSA) is 55.6 Å². The Morgan fingerprint density at radius 3 is 2.42 bits per heavy atom. The fourth-order valence-electron chi connectivity index (χ4n) is 1.99. The largest absolute Gasteiger partial charge is 0.383 e. The lowest BCUT2D eigenvalue weighted by Gasteiger charge is -2.34. The molecule has 1 amide bonds. The van der Waals surface area contributed by atoms with E-state index in [9.17, 15) is 4.79 Å². The third kappa shape index (κ3) is 3.78. The third-order valence-corrected chi connectivity index (χ3v) is 3.24. The van der Waals surface area contributed by atoms with E-state index in [0.717, 1.165) is 5.56 Å². The number of methoxy groups -OCH3 is 1. The molecule has 0 radical (unpaired) electrons. The summed E-state index contributed by atoms with van der Waals surface area (Å²) in [5, 5.41) is 0. The summed E-state index contributed by atoms with van der Waals surface area (Å²) >= 11 is 0. The number of nitrogens with zero attached hydrogens (tertiary/aromatic N) is 1. The van der Waals surface area contributed by atoms with Gasteiger partial charge in [-0.1, -0.05) is 30.3 Å². The maximum atomic E-state index is 12.7. The number of hydrogen-bond donors (Lipinski definition) is 1. The molecule has 1 atom stereocenters. The number of amides is 1. The van der Waals surface area contributed by atoms with Gasteiger partial charge in [-0.05, 0) is 26.3 Å². The summed E-state index contributed by atoms with van der Waals surface area (Å²) in [7, 11) is 1.63. The predicted molar refractivity (Wildman–Crippen MR) is 76.7 cm³/mol. The molecular weight excluding hydrogens is 240 g/mol. The Kier molecular flexibility index (Phi) is 5.51. The minimum atomic E-state index is -1.01. The molecule has 0 fully saturated rings. The maximum absolute atomic E-state index is 12.7. The number of carbonyl (C=O) groups excluding carboxylic acids is 1. The summed E-state index contributed by atoms with van der Waals surface area (Å²) in [5.41, 5.74) is 6.07. The van der Waals surface area contributed by atoms with Crippen LogP contribution in [0.2, 0.25) is 0 Å². The lowest BCUT2D eigenvalue weighted by Crippen LogP contribution is -2.53. The van der Waals surface area contributed by atoms with E-state index < -0.39 is 5.54 Å². The highest BCUT2D eigenvalue weighted by molar-refractivity contribution is 5.87. The number of nitrogens with two attached hydrogens (primary N) is 1. The van der Waals surface area contributed by atoms with Crippen LogP contribution >= 0.6 is 0 Å². The van der Waals surface area contributed by atoms with Gasteiger partial charge < -0.3 is 15.4 Å². The van der Waals surface area contributed by atoms with Crippen LogP contribution in [0.3, 0.4) is 0 Å². The van der Waals surface area contributed by atoms with Crippen molar-refractivity contribution in [3.8, 4) is 0 Å². The first kappa shape index (κ1) is 15.7. The molecule has 0 spiro atoms. The molecule has 1 aromatic carbocycles. The molecule has 4 heteroatoms. The zero-order valence-corrected chi connectivity index (χ0v) is 12.2. The Labute approximate surface area is 115 Å². The molecule has 0 saturated carbocycles. The molecule has 0 aliphatic carbocycles. The average molecular weight is 264 g/mol. The average Bonchev–Trinajstić information content (AvgIpc) is 2.39. The van der Waals surface area contributed by atoms with Crippen LogP contribution in [0, 0.1) is 0 Å². The van der Waals surface area contributed by atoms with Crippen molar-refractivity contribution < 1.29 is 9.53 Å². The van der Waals surface area contributed by atoms with Crippen molar-refractivity contribution in [1.29, 1.82) is 0 Å². The highest BCUT2D eigenvalue weighted by Crippen LogP contribution is 2.21. The molecule has 4 nitrogen and oxygen atoms in total. The summed E-state index contributed by atoms with van der Waals surface area (Å²) in [6.07, 6.45) is 0. The van der Waals surface area contributed by atoms with E-state index in [2.05, 4.69) is 0 Å². The van der Waals surface area contributed by atoms with E-state index in [-0.39, 0.29) is 11.9 Å². The van der Waals surface area contributed by atoms with E-state index in [1.54, 1.807) is 18.9 Å². The normalized spacial score (nSPS) is 14.2. The fraction of sp³-hybridized carbons (Fsp3) is 0.533. The van der Waals surface area contributed by atoms with Crippen LogP contribution in [-0.4, -0.2) is 37.1 Å². The van der Waals surface area contributed by atoms with Gasteiger partial charge in [0, 0.05) is 19.7 Å². The van der Waals surface area contributed by atoms with E-state index >= 15 is 0 Å². The van der Waals surface area contributed by atoms with Gasteiger partial charge in [0.05, 0.1) is 6.61 Å². The third-order valence-electron chi connectivity index (χ3n) is 3.24. The van der Waals surface area contributed by atoms with Crippen molar-refractivity contribution in [2.75, 3.05) is 20.3 Å². The van der Waals surface area contributed by atoms with Gasteiger partial charge in [-0.3, -0.25) is 4.79 Å². The van der Waals surface area contributed by atoms with Crippen molar-refractivity contribution in [2.45, 2.75) is 32.4 Å². The second-order valence-corrected chi connectivity index (χ2v) is 5.15. The molecule has 2 N–H and O–H groups in total. The molecule has 1 rings (SSSR count). The van der Waals surface area contributed by atoms with Crippen LogP contribution in [0.5, 0.6) is 0 Å². The second kappa shape index (κ2) is 6.68. The Hall–Kier alpha value is -1.39. The van der Waals surface area contributed by atoms with Crippen LogP contribution in [0.15, 0.2) is 30.3 Å². The number of benzene rings is 1. The Balaban J connectivity index is 2.95. The van der Waals surface area contributed by atoms with Gasteiger partial charge in [0.1, 0.15) is 5.54 Å². The lowest BCUT2D eigenvalue weighted by atomic mass is 9.91. The van der Waals surface area contributed by atoms with Crippen molar-refractivity contribution in [3.05, 3.63) is 35.9 Å². The summed E-state index contributed by atoms with van der Waals surface area (Å²) < 4.78 is 5.06. The molecule has 19 heavy (non-hydrogen) atoms.